The Labute approximate surface area is 102 Å². The van der Waals surface area contributed by atoms with Crippen molar-refractivity contribution >= 4 is 5.69 Å². The van der Waals surface area contributed by atoms with E-state index >= 15 is 0 Å². The number of benzene rings is 1. The van der Waals surface area contributed by atoms with Crippen molar-refractivity contribution in [3.05, 3.63) is 29.6 Å². The van der Waals surface area contributed by atoms with Crippen LogP contribution in [-0.4, -0.2) is 13.1 Å². The zero-order chi connectivity index (χ0) is 12.3. The summed E-state index contributed by atoms with van der Waals surface area (Å²) in [6.07, 6.45) is 3.44. The molecule has 1 saturated heterocycles. The average Bonchev–Trinajstić information content (AvgIpc) is 2.54. The van der Waals surface area contributed by atoms with Gasteiger partial charge in [0.1, 0.15) is 17.4 Å². The molecule has 1 fully saturated rings. The lowest BCUT2D eigenvalue weighted by atomic mass is 10.0. The number of rotatable bonds is 1. The predicted molar refractivity (Wildman–Crippen MR) is 66.3 cm³/mol. The molecule has 1 aliphatic rings. The minimum atomic E-state index is -0.415. The average molecular weight is 232 g/mol. The van der Waals surface area contributed by atoms with Crippen LogP contribution >= 0.6 is 0 Å². The van der Waals surface area contributed by atoms with Gasteiger partial charge in [0.05, 0.1) is 5.69 Å². The zero-order valence-electron chi connectivity index (χ0n) is 10.1. The number of halogens is 1. The molecule has 2 rings (SSSR count). The van der Waals surface area contributed by atoms with Gasteiger partial charge in [-0.15, -0.1) is 0 Å². The summed E-state index contributed by atoms with van der Waals surface area (Å²) in [6.45, 7) is 4.09. The maximum Gasteiger partial charge on any atom is 0.143 e. The van der Waals surface area contributed by atoms with Gasteiger partial charge in [-0.2, -0.15) is 5.26 Å². The molecule has 0 spiro atoms. The molecule has 1 aromatic carbocycles. The summed E-state index contributed by atoms with van der Waals surface area (Å²) in [4.78, 5) is 2.14. The quantitative estimate of drug-likeness (QED) is 0.742. The highest BCUT2D eigenvalue weighted by Crippen LogP contribution is 2.26. The SMILES string of the molecule is CC1CCCN(c2cccc(F)c2C#N)CC1. The Hall–Kier alpha value is -1.56. The molecule has 1 unspecified atom stereocenters. The molecule has 1 aliphatic heterocycles. The molecule has 1 atom stereocenters. The van der Waals surface area contributed by atoms with Crippen molar-refractivity contribution in [1.82, 2.24) is 0 Å². The smallest absolute Gasteiger partial charge is 0.143 e. The van der Waals surface area contributed by atoms with Crippen LogP contribution in [0.3, 0.4) is 0 Å². The first-order valence-electron chi connectivity index (χ1n) is 6.16. The third-order valence-electron chi connectivity index (χ3n) is 3.46. The topological polar surface area (TPSA) is 27.0 Å². The van der Waals surface area contributed by atoms with E-state index in [9.17, 15) is 4.39 Å². The first kappa shape index (κ1) is 11.9. The summed E-state index contributed by atoms with van der Waals surface area (Å²) in [5.41, 5.74) is 0.934. The molecular formula is C14H17FN2. The van der Waals surface area contributed by atoms with Crippen LogP contribution in [0.1, 0.15) is 31.7 Å². The van der Waals surface area contributed by atoms with Crippen molar-refractivity contribution in [3.8, 4) is 6.07 Å². The molecule has 0 saturated carbocycles. The van der Waals surface area contributed by atoms with Crippen molar-refractivity contribution in [1.29, 1.82) is 5.26 Å². The Morgan fingerprint density at radius 1 is 1.35 bits per heavy atom. The molecule has 90 valence electrons. The minimum Gasteiger partial charge on any atom is -0.370 e. The van der Waals surface area contributed by atoms with Gasteiger partial charge in [-0.3, -0.25) is 0 Å². The van der Waals surface area contributed by atoms with Crippen LogP contribution in [0.4, 0.5) is 10.1 Å². The number of nitrogens with zero attached hydrogens (tertiary/aromatic N) is 2. The fraction of sp³-hybridized carbons (Fsp3) is 0.500. The first-order valence-corrected chi connectivity index (χ1v) is 6.16. The number of hydrogen-bond donors (Lipinski definition) is 0. The second kappa shape index (κ2) is 5.18. The van der Waals surface area contributed by atoms with E-state index in [4.69, 9.17) is 5.26 Å². The van der Waals surface area contributed by atoms with Crippen LogP contribution in [0.15, 0.2) is 18.2 Å². The molecule has 1 heterocycles. The largest absolute Gasteiger partial charge is 0.370 e. The van der Waals surface area contributed by atoms with E-state index in [-0.39, 0.29) is 5.56 Å². The summed E-state index contributed by atoms with van der Waals surface area (Å²) in [7, 11) is 0. The van der Waals surface area contributed by atoms with Gasteiger partial charge in [-0.25, -0.2) is 4.39 Å². The third kappa shape index (κ3) is 2.58. The van der Waals surface area contributed by atoms with Crippen LogP contribution in [0.5, 0.6) is 0 Å². The summed E-state index contributed by atoms with van der Waals surface area (Å²) >= 11 is 0. The predicted octanol–water partition coefficient (Wildman–Crippen LogP) is 3.32. The monoisotopic (exact) mass is 232 g/mol. The maximum absolute atomic E-state index is 13.5. The lowest BCUT2D eigenvalue weighted by Crippen LogP contribution is -2.25. The normalized spacial score (nSPS) is 20.8. The third-order valence-corrected chi connectivity index (χ3v) is 3.46. The Kier molecular flexibility index (Phi) is 3.63. The summed E-state index contributed by atoms with van der Waals surface area (Å²) < 4.78 is 13.5. The van der Waals surface area contributed by atoms with E-state index in [1.54, 1.807) is 6.07 Å². The second-order valence-corrected chi connectivity index (χ2v) is 4.77. The van der Waals surface area contributed by atoms with E-state index < -0.39 is 5.82 Å². The first-order chi connectivity index (χ1) is 8.22. The standard InChI is InChI=1S/C14H17FN2/c1-11-4-3-8-17(9-7-11)14-6-2-5-13(15)12(14)10-16/h2,5-6,11H,3-4,7-9H2,1H3. The van der Waals surface area contributed by atoms with E-state index in [1.807, 2.05) is 12.1 Å². The van der Waals surface area contributed by atoms with Gasteiger partial charge in [0.25, 0.3) is 0 Å². The van der Waals surface area contributed by atoms with Gasteiger partial charge in [0.2, 0.25) is 0 Å². The van der Waals surface area contributed by atoms with E-state index in [1.165, 1.54) is 12.5 Å². The van der Waals surface area contributed by atoms with Gasteiger partial charge in [0, 0.05) is 13.1 Å². The summed E-state index contributed by atoms with van der Waals surface area (Å²) in [5, 5.41) is 9.04. The highest BCUT2D eigenvalue weighted by atomic mass is 19.1. The van der Waals surface area contributed by atoms with Gasteiger partial charge < -0.3 is 4.90 Å². The van der Waals surface area contributed by atoms with Crippen molar-refractivity contribution < 1.29 is 4.39 Å². The molecular weight excluding hydrogens is 215 g/mol. The fourth-order valence-electron chi connectivity index (χ4n) is 2.39. The van der Waals surface area contributed by atoms with Crippen molar-refractivity contribution in [2.24, 2.45) is 5.92 Å². The lowest BCUT2D eigenvalue weighted by Gasteiger charge is -2.23. The fourth-order valence-corrected chi connectivity index (χ4v) is 2.39. The van der Waals surface area contributed by atoms with Crippen LogP contribution in [0.2, 0.25) is 0 Å². The Bertz CT molecular complexity index is 436. The zero-order valence-corrected chi connectivity index (χ0v) is 10.1. The second-order valence-electron chi connectivity index (χ2n) is 4.77. The number of hydrogen-bond acceptors (Lipinski definition) is 2. The molecule has 0 N–H and O–H groups in total. The van der Waals surface area contributed by atoms with Crippen LogP contribution in [-0.2, 0) is 0 Å². The molecule has 0 aliphatic carbocycles. The van der Waals surface area contributed by atoms with Crippen LogP contribution in [0.25, 0.3) is 0 Å². The van der Waals surface area contributed by atoms with Crippen molar-refractivity contribution in [2.45, 2.75) is 26.2 Å². The molecule has 1 aromatic rings. The Morgan fingerprint density at radius 2 is 2.18 bits per heavy atom. The van der Waals surface area contributed by atoms with E-state index in [0.717, 1.165) is 37.5 Å². The minimum absolute atomic E-state index is 0.182. The molecule has 0 bridgehead atoms. The van der Waals surface area contributed by atoms with Crippen LogP contribution < -0.4 is 4.90 Å². The summed E-state index contributed by atoms with van der Waals surface area (Å²) in [6, 6.07) is 6.85. The number of anilines is 1. The van der Waals surface area contributed by atoms with Gasteiger partial charge >= 0.3 is 0 Å². The lowest BCUT2D eigenvalue weighted by molar-refractivity contribution is 0.521. The van der Waals surface area contributed by atoms with Gasteiger partial charge in [-0.1, -0.05) is 13.0 Å². The van der Waals surface area contributed by atoms with Crippen molar-refractivity contribution in [2.75, 3.05) is 18.0 Å². The number of nitriles is 1. The Morgan fingerprint density at radius 3 is 2.94 bits per heavy atom. The Balaban J connectivity index is 2.28. The summed E-state index contributed by atoms with van der Waals surface area (Å²) in [5.74, 6) is 0.307. The molecule has 2 nitrogen and oxygen atoms in total. The molecule has 0 radical (unpaired) electrons. The molecule has 0 aromatic heterocycles. The van der Waals surface area contributed by atoms with E-state index in [2.05, 4.69) is 11.8 Å². The highest BCUT2D eigenvalue weighted by Gasteiger charge is 2.18. The highest BCUT2D eigenvalue weighted by molar-refractivity contribution is 5.59. The van der Waals surface area contributed by atoms with Crippen molar-refractivity contribution in [3.63, 3.8) is 0 Å². The molecule has 17 heavy (non-hydrogen) atoms. The van der Waals surface area contributed by atoms with Gasteiger partial charge in [-0.05, 0) is 37.3 Å². The van der Waals surface area contributed by atoms with E-state index in [0.29, 0.717) is 0 Å². The molecule has 3 heteroatoms. The molecule has 0 amide bonds. The maximum atomic E-state index is 13.5. The van der Waals surface area contributed by atoms with Gasteiger partial charge in [0.15, 0.2) is 0 Å². The van der Waals surface area contributed by atoms with Crippen LogP contribution in [0, 0.1) is 23.1 Å².